The van der Waals surface area contributed by atoms with Gasteiger partial charge < -0.3 is 10.4 Å². The Labute approximate surface area is 89.1 Å². The fourth-order valence-electron chi connectivity index (χ4n) is 1.31. The first-order valence-corrected chi connectivity index (χ1v) is 5.67. The van der Waals surface area contributed by atoms with Gasteiger partial charge in [-0.15, -0.1) is 0 Å². The number of hydrogen-bond acceptors (Lipinski definition) is 6. The number of aromatic nitrogens is 2. The monoisotopic (exact) mass is 231 g/mol. The van der Waals surface area contributed by atoms with E-state index in [0.717, 1.165) is 17.4 Å². The SMILES string of the molecule is O=C(O)CC1(Sc2ncns2)CNC1. The van der Waals surface area contributed by atoms with Gasteiger partial charge in [0.15, 0.2) is 4.34 Å². The summed E-state index contributed by atoms with van der Waals surface area (Å²) < 4.78 is 4.51. The normalized spacial score (nSPS) is 18.9. The Morgan fingerprint density at radius 1 is 1.79 bits per heavy atom. The smallest absolute Gasteiger partial charge is 0.304 e. The van der Waals surface area contributed by atoms with E-state index < -0.39 is 5.97 Å². The van der Waals surface area contributed by atoms with Crippen LogP contribution >= 0.6 is 23.3 Å². The van der Waals surface area contributed by atoms with E-state index >= 15 is 0 Å². The number of aliphatic carboxylic acids is 1. The molecule has 0 amide bonds. The highest BCUT2D eigenvalue weighted by molar-refractivity contribution is 8.02. The summed E-state index contributed by atoms with van der Waals surface area (Å²) in [5.41, 5.74) is 0. The summed E-state index contributed by atoms with van der Waals surface area (Å²) in [6.45, 7) is 1.45. The topological polar surface area (TPSA) is 75.1 Å². The second kappa shape index (κ2) is 3.84. The molecular weight excluding hydrogens is 222 g/mol. The molecule has 1 aliphatic heterocycles. The van der Waals surface area contributed by atoms with Crippen LogP contribution in [-0.2, 0) is 4.79 Å². The Kier molecular flexibility index (Phi) is 2.71. The zero-order chi connectivity index (χ0) is 10.0. The van der Waals surface area contributed by atoms with Gasteiger partial charge >= 0.3 is 5.97 Å². The molecular formula is C7H9N3O2S2. The van der Waals surface area contributed by atoms with E-state index in [0.29, 0.717) is 0 Å². The minimum Gasteiger partial charge on any atom is -0.481 e. The summed E-state index contributed by atoms with van der Waals surface area (Å²) in [5.74, 6) is -0.761. The van der Waals surface area contributed by atoms with Crippen molar-refractivity contribution in [2.75, 3.05) is 13.1 Å². The third-order valence-corrected chi connectivity index (χ3v) is 4.09. The van der Waals surface area contributed by atoms with Crippen LogP contribution in [0.4, 0.5) is 0 Å². The van der Waals surface area contributed by atoms with Gasteiger partial charge in [-0.2, -0.15) is 4.37 Å². The molecule has 14 heavy (non-hydrogen) atoms. The van der Waals surface area contributed by atoms with Crippen molar-refractivity contribution in [1.29, 1.82) is 0 Å². The molecule has 0 atom stereocenters. The average Bonchev–Trinajstić information content (AvgIpc) is 2.51. The molecule has 1 aromatic rings. The molecule has 0 aliphatic carbocycles. The van der Waals surface area contributed by atoms with Crippen LogP contribution in [-0.4, -0.2) is 38.3 Å². The number of carboxylic acids is 1. The number of carbonyl (C=O) groups is 1. The molecule has 0 radical (unpaired) electrons. The van der Waals surface area contributed by atoms with Crippen LogP contribution in [0.15, 0.2) is 10.7 Å². The minimum atomic E-state index is -0.761. The lowest BCUT2D eigenvalue weighted by Crippen LogP contribution is -2.57. The number of thioether (sulfide) groups is 1. The van der Waals surface area contributed by atoms with Gasteiger partial charge in [-0.3, -0.25) is 4.79 Å². The lowest BCUT2D eigenvalue weighted by Gasteiger charge is -2.39. The number of nitrogens with zero attached hydrogens (tertiary/aromatic N) is 2. The predicted octanol–water partition coefficient (Wildman–Crippen LogP) is 0.447. The van der Waals surface area contributed by atoms with Crippen LogP contribution < -0.4 is 5.32 Å². The molecule has 0 spiro atoms. The van der Waals surface area contributed by atoms with Crippen LogP contribution in [0.25, 0.3) is 0 Å². The number of nitrogens with one attached hydrogen (secondary N) is 1. The largest absolute Gasteiger partial charge is 0.481 e. The molecule has 0 bridgehead atoms. The highest BCUT2D eigenvalue weighted by atomic mass is 32.2. The van der Waals surface area contributed by atoms with Crippen molar-refractivity contribution in [3.8, 4) is 0 Å². The maximum absolute atomic E-state index is 10.7. The summed E-state index contributed by atoms with van der Waals surface area (Å²) in [6.07, 6.45) is 1.66. The van der Waals surface area contributed by atoms with Gasteiger partial charge in [-0.05, 0) is 11.5 Å². The summed E-state index contributed by atoms with van der Waals surface area (Å²) in [7, 11) is 0. The highest BCUT2D eigenvalue weighted by Gasteiger charge is 2.41. The maximum Gasteiger partial charge on any atom is 0.304 e. The molecule has 5 nitrogen and oxygen atoms in total. The molecule has 0 saturated carbocycles. The minimum absolute atomic E-state index is 0.171. The van der Waals surface area contributed by atoms with E-state index in [4.69, 9.17) is 5.11 Å². The summed E-state index contributed by atoms with van der Waals surface area (Å²) in [6, 6.07) is 0. The summed E-state index contributed by atoms with van der Waals surface area (Å²) >= 11 is 2.82. The Hall–Kier alpha value is -0.660. The van der Waals surface area contributed by atoms with Crippen molar-refractivity contribution in [2.24, 2.45) is 0 Å². The molecule has 7 heteroatoms. The lowest BCUT2D eigenvalue weighted by molar-refractivity contribution is -0.138. The Morgan fingerprint density at radius 2 is 2.57 bits per heavy atom. The molecule has 2 N–H and O–H groups in total. The van der Waals surface area contributed by atoms with Gasteiger partial charge in [-0.25, -0.2) is 4.98 Å². The van der Waals surface area contributed by atoms with E-state index in [1.54, 1.807) is 0 Å². The van der Waals surface area contributed by atoms with Gasteiger partial charge in [0.2, 0.25) is 0 Å². The number of rotatable bonds is 4. The quantitative estimate of drug-likeness (QED) is 0.783. The lowest BCUT2D eigenvalue weighted by atomic mass is 9.98. The molecule has 2 heterocycles. The first-order valence-electron chi connectivity index (χ1n) is 4.08. The third-order valence-electron chi connectivity index (χ3n) is 2.01. The van der Waals surface area contributed by atoms with Crippen LogP contribution in [0.2, 0.25) is 0 Å². The van der Waals surface area contributed by atoms with Crippen molar-refractivity contribution < 1.29 is 9.90 Å². The van der Waals surface area contributed by atoms with E-state index in [1.165, 1.54) is 29.6 Å². The Morgan fingerprint density at radius 3 is 3.00 bits per heavy atom. The molecule has 1 aromatic heterocycles. The molecule has 1 aliphatic rings. The zero-order valence-electron chi connectivity index (χ0n) is 7.27. The first kappa shape index (κ1) is 9.88. The second-order valence-electron chi connectivity index (χ2n) is 3.17. The average molecular weight is 231 g/mol. The fourth-order valence-corrected chi connectivity index (χ4v) is 3.41. The molecule has 2 rings (SSSR count). The predicted molar refractivity (Wildman–Crippen MR) is 53.6 cm³/mol. The van der Waals surface area contributed by atoms with E-state index in [9.17, 15) is 4.79 Å². The highest BCUT2D eigenvalue weighted by Crippen LogP contribution is 2.38. The van der Waals surface area contributed by atoms with Crippen molar-refractivity contribution >= 4 is 29.3 Å². The number of carboxylic acid groups (broad SMARTS) is 1. The van der Waals surface area contributed by atoms with Gasteiger partial charge in [-0.1, -0.05) is 11.8 Å². The first-order chi connectivity index (χ1) is 6.70. The molecule has 0 aromatic carbocycles. The Balaban J connectivity index is 2.02. The van der Waals surface area contributed by atoms with E-state index in [1.807, 2.05) is 0 Å². The van der Waals surface area contributed by atoms with E-state index in [2.05, 4.69) is 14.7 Å². The summed E-state index contributed by atoms with van der Waals surface area (Å²) in [5, 5.41) is 11.9. The van der Waals surface area contributed by atoms with Crippen molar-refractivity contribution in [2.45, 2.75) is 15.5 Å². The summed E-state index contributed by atoms with van der Waals surface area (Å²) in [4.78, 5) is 14.7. The van der Waals surface area contributed by atoms with E-state index in [-0.39, 0.29) is 11.2 Å². The maximum atomic E-state index is 10.7. The second-order valence-corrected chi connectivity index (χ2v) is 5.66. The fraction of sp³-hybridized carbons (Fsp3) is 0.571. The molecule has 1 fully saturated rings. The molecule has 0 unspecified atom stereocenters. The van der Waals surface area contributed by atoms with Crippen molar-refractivity contribution in [3.05, 3.63) is 6.33 Å². The third kappa shape index (κ3) is 2.05. The van der Waals surface area contributed by atoms with Gasteiger partial charge in [0.05, 0.1) is 11.2 Å². The van der Waals surface area contributed by atoms with Crippen molar-refractivity contribution in [3.63, 3.8) is 0 Å². The van der Waals surface area contributed by atoms with Gasteiger partial charge in [0.1, 0.15) is 6.33 Å². The Bertz CT molecular complexity index is 324. The molecule has 76 valence electrons. The number of hydrogen-bond donors (Lipinski definition) is 2. The van der Waals surface area contributed by atoms with Crippen molar-refractivity contribution in [1.82, 2.24) is 14.7 Å². The van der Waals surface area contributed by atoms with Gasteiger partial charge in [0, 0.05) is 13.1 Å². The molecule has 1 saturated heterocycles. The van der Waals surface area contributed by atoms with Crippen LogP contribution in [0, 0.1) is 0 Å². The van der Waals surface area contributed by atoms with Crippen LogP contribution in [0.3, 0.4) is 0 Å². The standard InChI is InChI=1S/C7H9N3O2S2/c11-5(12)1-7(2-8-3-7)13-6-9-4-10-14-6/h4,8H,1-3H2,(H,11,12). The van der Waals surface area contributed by atoms with Gasteiger partial charge in [0.25, 0.3) is 0 Å². The van der Waals surface area contributed by atoms with Crippen LogP contribution in [0.1, 0.15) is 6.42 Å². The van der Waals surface area contributed by atoms with Crippen LogP contribution in [0.5, 0.6) is 0 Å². The zero-order valence-corrected chi connectivity index (χ0v) is 8.90.